The second kappa shape index (κ2) is 8.35. The average molecular weight is 258 g/mol. The molecule has 0 unspecified atom stereocenters. The van der Waals surface area contributed by atoms with Crippen molar-refractivity contribution in [3.05, 3.63) is 35.6 Å². The summed E-state index contributed by atoms with van der Waals surface area (Å²) in [4.78, 5) is 0. The summed E-state index contributed by atoms with van der Waals surface area (Å²) in [5.41, 5.74) is 0.961. The van der Waals surface area contributed by atoms with Crippen LogP contribution in [0.3, 0.4) is 0 Å². The summed E-state index contributed by atoms with van der Waals surface area (Å²) in [5, 5.41) is 0. The van der Waals surface area contributed by atoms with Gasteiger partial charge in [-0.3, -0.25) is 0 Å². The largest absolute Gasteiger partial charge is 0.378 e. The molecule has 0 aliphatic heterocycles. The molecule has 0 atom stereocenters. The van der Waals surface area contributed by atoms with Gasteiger partial charge in [-0.2, -0.15) is 0 Å². The van der Waals surface area contributed by atoms with E-state index in [0.717, 1.165) is 11.6 Å². The zero-order valence-corrected chi connectivity index (χ0v) is 11.7. The molecule has 5 heteroatoms. The second-order valence-electron chi connectivity index (χ2n) is 3.45. The molecule has 1 aromatic rings. The van der Waals surface area contributed by atoms with E-state index in [9.17, 15) is 4.39 Å². The summed E-state index contributed by atoms with van der Waals surface area (Å²) < 4.78 is 29.0. The van der Waals surface area contributed by atoms with Crippen molar-refractivity contribution in [2.45, 2.75) is 26.4 Å². The fraction of sp³-hybridized carbons (Fsp3) is 0.500. The molecule has 96 valence electrons. The Morgan fingerprint density at radius 3 is 2.53 bits per heavy atom. The van der Waals surface area contributed by atoms with Crippen LogP contribution in [0.1, 0.15) is 19.4 Å². The lowest BCUT2D eigenvalue weighted by Gasteiger charge is -2.17. The number of ether oxygens (including phenoxy) is 2. The van der Waals surface area contributed by atoms with Crippen LogP contribution >= 0.6 is 0 Å². The Bertz CT molecular complexity index is 316. The van der Waals surface area contributed by atoms with Crippen LogP contribution in [-0.4, -0.2) is 29.5 Å². The van der Waals surface area contributed by atoms with Crippen molar-refractivity contribution < 1.29 is 18.3 Å². The second-order valence-corrected chi connectivity index (χ2v) is 4.69. The highest BCUT2D eigenvalue weighted by Crippen LogP contribution is 2.05. The van der Waals surface area contributed by atoms with Gasteiger partial charge in [-0.1, -0.05) is 12.1 Å². The third-order valence-electron chi connectivity index (χ3n) is 2.14. The summed E-state index contributed by atoms with van der Waals surface area (Å²) in [6, 6.07) is 7.35. The Kier molecular flexibility index (Phi) is 7.03. The monoisotopic (exact) mass is 258 g/mol. The zero-order chi connectivity index (χ0) is 12.5. The highest BCUT2D eigenvalue weighted by Gasteiger charge is 2.07. The summed E-state index contributed by atoms with van der Waals surface area (Å²) in [6.45, 7) is 4.33. The van der Waals surface area contributed by atoms with Crippen molar-refractivity contribution in [3.8, 4) is 0 Å². The minimum atomic E-state index is -0.808. The van der Waals surface area contributed by atoms with Gasteiger partial charge < -0.3 is 13.9 Å². The lowest BCUT2D eigenvalue weighted by Crippen LogP contribution is -2.24. The first-order valence-electron chi connectivity index (χ1n) is 5.85. The first kappa shape index (κ1) is 14.3. The molecule has 0 radical (unpaired) electrons. The molecule has 3 nitrogen and oxygen atoms in total. The molecule has 0 fully saturated rings. The maximum atomic E-state index is 12.9. The van der Waals surface area contributed by atoms with Crippen molar-refractivity contribution in [1.29, 1.82) is 0 Å². The highest BCUT2D eigenvalue weighted by molar-refractivity contribution is 6.26. The number of hydrogen-bond donors (Lipinski definition) is 0. The number of rotatable bonds is 8. The number of benzene rings is 1. The number of hydrogen-bond acceptors (Lipinski definition) is 3. The van der Waals surface area contributed by atoms with Crippen molar-refractivity contribution in [3.63, 3.8) is 0 Å². The maximum absolute atomic E-state index is 12.9. The van der Waals surface area contributed by atoms with Gasteiger partial charge in [-0.25, -0.2) is 4.39 Å². The average Bonchev–Trinajstić information content (AvgIpc) is 2.30. The van der Waals surface area contributed by atoms with Gasteiger partial charge in [0.25, 0.3) is 6.48 Å². The topological polar surface area (TPSA) is 27.7 Å². The molecule has 0 aliphatic rings. The summed E-state index contributed by atoms with van der Waals surface area (Å²) in [5.74, 6) is -0.206. The molecule has 0 aromatic heterocycles. The van der Waals surface area contributed by atoms with E-state index in [4.69, 9.17) is 13.9 Å². The Balaban J connectivity index is 2.30. The number of halogens is 1. The van der Waals surface area contributed by atoms with Crippen molar-refractivity contribution in [1.82, 2.24) is 0 Å². The molecule has 17 heavy (non-hydrogen) atoms. The minimum absolute atomic E-state index is 0.206. The van der Waals surface area contributed by atoms with E-state index in [1.165, 1.54) is 12.1 Å². The Morgan fingerprint density at radius 2 is 1.94 bits per heavy atom. The van der Waals surface area contributed by atoms with E-state index in [2.05, 4.69) is 0 Å². The maximum Gasteiger partial charge on any atom is 0.261 e. The van der Waals surface area contributed by atoms with Crippen LogP contribution in [-0.2, 0) is 19.9 Å². The molecule has 0 N–H and O–H groups in total. The molecular weight excluding hydrogens is 239 g/mol. The smallest absolute Gasteiger partial charge is 0.261 e. The SMILES string of the molecule is CCOC(OCC)O[SiH2]Cc1cccc(F)c1. The van der Waals surface area contributed by atoms with Crippen molar-refractivity contribution >= 4 is 9.76 Å². The van der Waals surface area contributed by atoms with E-state index < -0.39 is 16.2 Å². The van der Waals surface area contributed by atoms with Gasteiger partial charge in [0.2, 0.25) is 0 Å². The quantitative estimate of drug-likeness (QED) is 0.525. The van der Waals surface area contributed by atoms with Crippen LogP contribution < -0.4 is 0 Å². The highest BCUT2D eigenvalue weighted by atomic mass is 28.2. The standard InChI is InChI=1S/C12H19FO3Si/c1-3-14-12(15-4-2)16-17-9-10-6-5-7-11(13)8-10/h5-8,12H,3-4,9,17H2,1-2H3. The minimum Gasteiger partial charge on any atom is -0.378 e. The van der Waals surface area contributed by atoms with E-state index in [1.54, 1.807) is 6.07 Å². The van der Waals surface area contributed by atoms with E-state index in [0.29, 0.717) is 13.2 Å². The van der Waals surface area contributed by atoms with Gasteiger partial charge in [0.05, 0.1) is 0 Å². The first-order chi connectivity index (χ1) is 8.26. The molecule has 1 rings (SSSR count). The normalized spacial score (nSPS) is 11.8. The molecule has 1 aromatic carbocycles. The van der Waals surface area contributed by atoms with E-state index in [-0.39, 0.29) is 5.82 Å². The van der Waals surface area contributed by atoms with Crippen LogP contribution in [0.15, 0.2) is 24.3 Å². The van der Waals surface area contributed by atoms with Crippen LogP contribution in [0.5, 0.6) is 0 Å². The van der Waals surface area contributed by atoms with Crippen molar-refractivity contribution in [2.24, 2.45) is 0 Å². The molecule has 0 saturated heterocycles. The van der Waals surface area contributed by atoms with Gasteiger partial charge in [0.1, 0.15) is 5.82 Å². The van der Waals surface area contributed by atoms with Gasteiger partial charge in [0, 0.05) is 13.2 Å². The Morgan fingerprint density at radius 1 is 1.24 bits per heavy atom. The summed E-state index contributed by atoms with van der Waals surface area (Å²) >= 11 is 0. The van der Waals surface area contributed by atoms with Gasteiger partial charge in [0.15, 0.2) is 9.76 Å². The third-order valence-corrected chi connectivity index (χ3v) is 3.43. The van der Waals surface area contributed by atoms with Crippen LogP contribution in [0.4, 0.5) is 4.39 Å². The lowest BCUT2D eigenvalue weighted by atomic mass is 10.2. The first-order valence-corrected chi connectivity index (χ1v) is 7.43. The van der Waals surface area contributed by atoms with E-state index >= 15 is 0 Å². The van der Waals surface area contributed by atoms with Crippen LogP contribution in [0.2, 0.25) is 0 Å². The Labute approximate surface area is 104 Å². The van der Waals surface area contributed by atoms with Gasteiger partial charge >= 0.3 is 0 Å². The van der Waals surface area contributed by atoms with Crippen LogP contribution in [0.25, 0.3) is 0 Å². The predicted octanol–water partition coefficient (Wildman–Crippen LogP) is 1.78. The molecule has 0 spiro atoms. The fourth-order valence-corrected chi connectivity index (χ4v) is 2.43. The molecule has 0 saturated carbocycles. The van der Waals surface area contributed by atoms with Crippen molar-refractivity contribution in [2.75, 3.05) is 13.2 Å². The summed E-state index contributed by atoms with van der Waals surface area (Å²) in [6.07, 6.45) is 0. The fourth-order valence-electron chi connectivity index (χ4n) is 1.38. The third kappa shape index (κ3) is 5.93. The Hall–Kier alpha value is -0.753. The molecule has 0 amide bonds. The molecular formula is C12H19FO3Si. The van der Waals surface area contributed by atoms with E-state index in [1.807, 2.05) is 19.9 Å². The molecule has 0 bridgehead atoms. The van der Waals surface area contributed by atoms with Gasteiger partial charge in [-0.05, 0) is 37.6 Å². The molecule has 0 aliphatic carbocycles. The van der Waals surface area contributed by atoms with Gasteiger partial charge in [-0.15, -0.1) is 0 Å². The summed E-state index contributed by atoms with van der Waals surface area (Å²) in [7, 11) is -0.808. The molecule has 0 heterocycles. The van der Waals surface area contributed by atoms with Crippen LogP contribution in [0, 0.1) is 5.82 Å². The zero-order valence-electron chi connectivity index (χ0n) is 10.3. The predicted molar refractivity (Wildman–Crippen MR) is 66.8 cm³/mol. The lowest BCUT2D eigenvalue weighted by molar-refractivity contribution is -0.243.